The Balaban J connectivity index is 1.46. The Hall–Kier alpha value is -2.52. The van der Waals surface area contributed by atoms with E-state index >= 15 is 0 Å². The van der Waals surface area contributed by atoms with E-state index in [0.717, 1.165) is 41.9 Å². The first-order valence-electron chi connectivity index (χ1n) is 13.0. The highest BCUT2D eigenvalue weighted by Crippen LogP contribution is 2.59. The maximum Gasteiger partial charge on any atom is 0.264 e. The minimum absolute atomic E-state index is 0.0557. The van der Waals surface area contributed by atoms with E-state index in [1.54, 1.807) is 4.90 Å². The largest absolute Gasteiger partial charge is 0.432 e. The number of para-hydroxylation sites is 1. The smallest absolute Gasteiger partial charge is 0.264 e. The number of nitrogens with zero attached hydrogens (tertiary/aromatic N) is 2. The first-order chi connectivity index (χ1) is 17.2. The molecule has 0 unspecified atom stereocenters. The van der Waals surface area contributed by atoms with Gasteiger partial charge in [-0.1, -0.05) is 37.3 Å². The highest BCUT2D eigenvalue weighted by atomic mass is 28.4. The van der Waals surface area contributed by atoms with E-state index in [4.69, 9.17) is 4.74 Å². The molecular weight excluding hydrogens is 472 g/mol. The second-order valence-electron chi connectivity index (χ2n) is 10.9. The summed E-state index contributed by atoms with van der Waals surface area (Å²) in [6, 6.07) is 15.7. The average Bonchev–Trinajstić information content (AvgIpc) is 3.27. The topological polar surface area (TPSA) is 90.3 Å². The molecule has 7 nitrogen and oxygen atoms in total. The standard InChI is InChI=1S/C28H36N2O5Si/c1-19-26(36(2,3)34)24(15-17-31)35-28(19)22-8-4-5-9-23(22)30(27(28)33)18-20-11-13-21(14-12-20)29-16-7-6-10-25(29)32/h4-5,8-9,11-14,19,24,26,31,34H,6-7,10,15-18H2,1-3H3/t19-,24+,26-,28+/m0/s1. The lowest BCUT2D eigenvalue weighted by Crippen LogP contribution is -2.46. The summed E-state index contributed by atoms with van der Waals surface area (Å²) in [6.45, 7) is 6.86. The van der Waals surface area contributed by atoms with E-state index in [1.165, 1.54) is 0 Å². The van der Waals surface area contributed by atoms with Crippen molar-refractivity contribution in [3.8, 4) is 0 Å². The van der Waals surface area contributed by atoms with Crippen LogP contribution in [0.25, 0.3) is 0 Å². The Kier molecular flexibility index (Phi) is 6.57. The van der Waals surface area contributed by atoms with Crippen molar-refractivity contribution >= 4 is 31.5 Å². The molecule has 3 heterocycles. The normalized spacial score (nSPS) is 28.3. The molecule has 8 heteroatoms. The first kappa shape index (κ1) is 25.1. The van der Waals surface area contributed by atoms with Gasteiger partial charge in [-0.2, -0.15) is 0 Å². The zero-order valence-corrected chi connectivity index (χ0v) is 22.3. The predicted molar refractivity (Wildman–Crippen MR) is 141 cm³/mol. The van der Waals surface area contributed by atoms with Crippen LogP contribution in [0.5, 0.6) is 0 Å². The van der Waals surface area contributed by atoms with Crippen LogP contribution >= 0.6 is 0 Å². The van der Waals surface area contributed by atoms with Gasteiger partial charge in [0.05, 0.1) is 18.3 Å². The average molecular weight is 509 g/mol. The minimum atomic E-state index is -2.70. The van der Waals surface area contributed by atoms with Gasteiger partial charge in [-0.25, -0.2) is 0 Å². The Morgan fingerprint density at radius 1 is 1.08 bits per heavy atom. The summed E-state index contributed by atoms with van der Waals surface area (Å²) in [5.74, 6) is -0.184. The van der Waals surface area contributed by atoms with E-state index in [-0.39, 0.29) is 36.0 Å². The van der Waals surface area contributed by atoms with Crippen molar-refractivity contribution in [2.24, 2.45) is 5.92 Å². The number of hydrogen-bond acceptors (Lipinski definition) is 5. The molecule has 36 heavy (non-hydrogen) atoms. The quantitative estimate of drug-likeness (QED) is 0.577. The van der Waals surface area contributed by atoms with Crippen molar-refractivity contribution in [1.82, 2.24) is 0 Å². The van der Waals surface area contributed by atoms with Crippen LogP contribution in [0, 0.1) is 5.92 Å². The fourth-order valence-corrected chi connectivity index (χ4v) is 9.23. The molecule has 2 amide bonds. The number of anilines is 2. The number of fused-ring (bicyclic) bond motifs is 2. The van der Waals surface area contributed by atoms with Crippen LogP contribution in [-0.4, -0.2) is 49.3 Å². The molecule has 2 aromatic rings. The number of hydrogen-bond donors (Lipinski definition) is 2. The van der Waals surface area contributed by atoms with Gasteiger partial charge >= 0.3 is 0 Å². The van der Waals surface area contributed by atoms with E-state index in [0.29, 0.717) is 19.4 Å². The number of amides is 2. The number of piperidine rings is 1. The van der Waals surface area contributed by atoms with Crippen molar-refractivity contribution in [2.45, 2.75) is 69.5 Å². The Bertz CT molecular complexity index is 1150. The van der Waals surface area contributed by atoms with Gasteiger partial charge in [-0.3, -0.25) is 9.59 Å². The van der Waals surface area contributed by atoms with Crippen LogP contribution in [0.2, 0.25) is 18.6 Å². The third-order valence-corrected chi connectivity index (χ3v) is 10.7. The second-order valence-corrected chi connectivity index (χ2v) is 14.9. The molecule has 2 fully saturated rings. The summed E-state index contributed by atoms with van der Waals surface area (Å²) in [5, 5.41) is 9.70. The highest BCUT2D eigenvalue weighted by Gasteiger charge is 2.65. The maximum absolute atomic E-state index is 14.2. The van der Waals surface area contributed by atoms with Gasteiger partial charge in [0, 0.05) is 42.3 Å². The molecule has 3 aliphatic rings. The summed E-state index contributed by atoms with van der Waals surface area (Å²) < 4.78 is 6.60. The van der Waals surface area contributed by atoms with E-state index in [1.807, 2.05) is 73.4 Å². The number of aliphatic hydroxyl groups excluding tert-OH is 1. The molecule has 0 bridgehead atoms. The fourth-order valence-electron chi connectivity index (χ4n) is 6.63. The van der Waals surface area contributed by atoms with Gasteiger partial charge in [0.15, 0.2) is 13.9 Å². The van der Waals surface area contributed by atoms with Crippen molar-refractivity contribution in [2.75, 3.05) is 23.0 Å². The molecule has 192 valence electrons. The number of carbonyl (C=O) groups is 2. The molecule has 0 saturated carbocycles. The van der Waals surface area contributed by atoms with Crippen LogP contribution in [0.3, 0.4) is 0 Å². The number of ether oxygens (including phenoxy) is 1. The lowest BCUT2D eigenvalue weighted by Gasteiger charge is -2.32. The predicted octanol–water partition coefficient (Wildman–Crippen LogP) is 3.93. The van der Waals surface area contributed by atoms with Crippen molar-refractivity contribution in [1.29, 1.82) is 0 Å². The summed E-state index contributed by atoms with van der Waals surface area (Å²) in [7, 11) is -2.70. The SMILES string of the molecule is C[C@H]1[C@H]([Si](C)(C)O)[C@@H](CCO)O[C@]12C(=O)N(Cc1ccc(N3CCCCC3=O)cc1)c1ccccc12. The van der Waals surface area contributed by atoms with Gasteiger partial charge < -0.3 is 24.4 Å². The van der Waals surface area contributed by atoms with E-state index in [2.05, 4.69) is 0 Å². The monoisotopic (exact) mass is 508 g/mol. The molecule has 2 N–H and O–H groups in total. The maximum atomic E-state index is 14.2. The van der Waals surface area contributed by atoms with Crippen molar-refractivity contribution in [3.05, 3.63) is 59.7 Å². The number of carbonyl (C=O) groups excluding carboxylic acids is 2. The van der Waals surface area contributed by atoms with Crippen LogP contribution in [-0.2, 0) is 26.5 Å². The molecule has 5 rings (SSSR count). The Morgan fingerprint density at radius 2 is 1.81 bits per heavy atom. The Labute approximate surface area is 213 Å². The third-order valence-electron chi connectivity index (χ3n) is 8.22. The summed E-state index contributed by atoms with van der Waals surface area (Å²) in [4.78, 5) is 41.3. The lowest BCUT2D eigenvalue weighted by atomic mass is 9.82. The molecule has 4 atom stereocenters. The van der Waals surface area contributed by atoms with Gasteiger partial charge in [-0.05, 0) is 56.1 Å². The summed E-state index contributed by atoms with van der Waals surface area (Å²) in [6.07, 6.45) is 2.56. The molecule has 1 spiro atoms. The zero-order chi connectivity index (χ0) is 25.7. The van der Waals surface area contributed by atoms with E-state index < -0.39 is 13.9 Å². The number of rotatable bonds is 6. The molecule has 2 saturated heterocycles. The molecule has 0 aliphatic carbocycles. The molecule has 0 aromatic heterocycles. The van der Waals surface area contributed by atoms with Crippen LogP contribution in [0.4, 0.5) is 11.4 Å². The van der Waals surface area contributed by atoms with Crippen LogP contribution < -0.4 is 9.80 Å². The van der Waals surface area contributed by atoms with E-state index in [9.17, 15) is 19.5 Å². The number of aliphatic hydroxyl groups is 1. The third kappa shape index (κ3) is 4.00. The van der Waals surface area contributed by atoms with Crippen LogP contribution in [0.1, 0.15) is 43.7 Å². The number of benzene rings is 2. The first-order valence-corrected chi connectivity index (χ1v) is 16.0. The molecule has 2 aromatic carbocycles. The van der Waals surface area contributed by atoms with Gasteiger partial charge in [0.2, 0.25) is 5.91 Å². The van der Waals surface area contributed by atoms with Crippen molar-refractivity contribution < 1.29 is 24.2 Å². The zero-order valence-electron chi connectivity index (χ0n) is 21.3. The van der Waals surface area contributed by atoms with Gasteiger partial charge in [0.1, 0.15) is 0 Å². The molecule has 0 radical (unpaired) electrons. The van der Waals surface area contributed by atoms with Crippen molar-refractivity contribution in [3.63, 3.8) is 0 Å². The fraction of sp³-hybridized carbons (Fsp3) is 0.500. The van der Waals surface area contributed by atoms with Gasteiger partial charge in [0.25, 0.3) is 5.91 Å². The van der Waals surface area contributed by atoms with Gasteiger partial charge in [-0.15, -0.1) is 0 Å². The minimum Gasteiger partial charge on any atom is -0.432 e. The second kappa shape index (κ2) is 9.41. The van der Waals surface area contributed by atoms with Crippen LogP contribution in [0.15, 0.2) is 48.5 Å². The summed E-state index contributed by atoms with van der Waals surface area (Å²) in [5.41, 5.74) is 2.17. The highest BCUT2D eigenvalue weighted by molar-refractivity contribution is 6.71. The summed E-state index contributed by atoms with van der Waals surface area (Å²) >= 11 is 0. The molecular formula is C28H36N2O5Si. The Morgan fingerprint density at radius 3 is 2.47 bits per heavy atom. The lowest BCUT2D eigenvalue weighted by molar-refractivity contribution is -0.146. The molecule has 3 aliphatic heterocycles.